The van der Waals surface area contributed by atoms with E-state index in [-0.39, 0.29) is 18.3 Å². The predicted octanol–water partition coefficient (Wildman–Crippen LogP) is 2.52. The molecule has 0 saturated carbocycles. The summed E-state index contributed by atoms with van der Waals surface area (Å²) in [7, 11) is 0. The summed E-state index contributed by atoms with van der Waals surface area (Å²) in [5.74, 6) is 0.507. The van der Waals surface area contributed by atoms with Gasteiger partial charge in [0.1, 0.15) is 18.7 Å². The van der Waals surface area contributed by atoms with Crippen LogP contribution in [0, 0.1) is 0 Å². The Labute approximate surface area is 115 Å². The van der Waals surface area contributed by atoms with E-state index in [0.717, 1.165) is 10.2 Å². The second-order valence-corrected chi connectivity index (χ2v) is 4.66. The van der Waals surface area contributed by atoms with E-state index < -0.39 is 13.0 Å². The highest BCUT2D eigenvalue weighted by Crippen LogP contribution is 2.23. The zero-order valence-corrected chi connectivity index (χ0v) is 10.8. The molecule has 0 fully saturated rings. The number of benzene rings is 1. The van der Waals surface area contributed by atoms with Gasteiger partial charge in [0.15, 0.2) is 5.82 Å². The summed E-state index contributed by atoms with van der Waals surface area (Å²) in [6.07, 6.45) is -2.51. The smallest absolute Gasteiger partial charge is 0.261 e. The first-order valence-electron chi connectivity index (χ1n) is 5.63. The fourth-order valence-corrected chi connectivity index (χ4v) is 2.12. The lowest BCUT2D eigenvalue weighted by Crippen LogP contribution is -2.04. The molecule has 20 heavy (non-hydrogen) atoms. The van der Waals surface area contributed by atoms with Gasteiger partial charge in [-0.15, -0.1) is 5.10 Å². The molecule has 0 unspecified atom stereocenters. The number of nitrogens with zero attached hydrogens (tertiary/aromatic N) is 4. The highest BCUT2D eigenvalue weighted by molar-refractivity contribution is 7.12. The Morgan fingerprint density at radius 1 is 1.35 bits per heavy atom. The highest BCUT2D eigenvalue weighted by Gasteiger charge is 2.11. The van der Waals surface area contributed by atoms with Crippen molar-refractivity contribution in [3.05, 3.63) is 24.0 Å². The zero-order valence-electron chi connectivity index (χ0n) is 9.99. The lowest BCUT2D eigenvalue weighted by Gasteiger charge is -1.98. The maximum absolute atomic E-state index is 11.9. The van der Waals surface area contributed by atoms with Gasteiger partial charge in [-0.05, 0) is 29.7 Å². The first-order valence-corrected chi connectivity index (χ1v) is 6.40. The van der Waals surface area contributed by atoms with Crippen LogP contribution in [0.15, 0.2) is 22.7 Å². The van der Waals surface area contributed by atoms with Gasteiger partial charge in [-0.3, -0.25) is 0 Å². The van der Waals surface area contributed by atoms with E-state index in [2.05, 4.69) is 19.7 Å². The third-order valence-corrected chi connectivity index (χ3v) is 3.14. The Morgan fingerprint density at radius 3 is 3.10 bits per heavy atom. The third-order valence-electron chi connectivity index (χ3n) is 2.44. The summed E-state index contributed by atoms with van der Waals surface area (Å²) in [5, 5.41) is 7.62. The van der Waals surface area contributed by atoms with Gasteiger partial charge in [0.25, 0.3) is 12.3 Å². The van der Waals surface area contributed by atoms with Crippen LogP contribution in [0.25, 0.3) is 21.7 Å². The fraction of sp³-hybridized carbons (Fsp3) is 0.273. The molecule has 3 aromatic rings. The second kappa shape index (κ2) is 5.55. The molecule has 0 saturated heterocycles. The van der Waals surface area contributed by atoms with Crippen LogP contribution >= 0.6 is 11.5 Å². The number of aromatic nitrogens is 4. The molecule has 0 amide bonds. The molecule has 6 nitrogen and oxygen atoms in total. The van der Waals surface area contributed by atoms with Crippen molar-refractivity contribution >= 4 is 21.7 Å². The molecule has 0 aliphatic carbocycles. The molecule has 1 aromatic carbocycles. The number of fused-ring (bicyclic) bond motifs is 1. The number of halogens is 2. The van der Waals surface area contributed by atoms with Gasteiger partial charge in [-0.1, -0.05) is 9.64 Å². The van der Waals surface area contributed by atoms with Crippen molar-refractivity contribution in [1.29, 1.82) is 0 Å². The molecular weight excluding hydrogens is 290 g/mol. The van der Waals surface area contributed by atoms with E-state index in [0.29, 0.717) is 5.56 Å². The summed E-state index contributed by atoms with van der Waals surface area (Å²) >= 11 is 1.29. The standard InChI is InChI=1S/C11H8F2N4O2S/c12-9(13)4-18-5-10-14-11(19-16-10)6-1-2-8-7(3-6)15-17-20-8/h1-3,9H,4-5H2. The van der Waals surface area contributed by atoms with E-state index in [1.807, 2.05) is 6.07 Å². The number of ether oxygens (including phenoxy) is 1. The average molecular weight is 298 g/mol. The first kappa shape index (κ1) is 13.0. The van der Waals surface area contributed by atoms with Crippen molar-refractivity contribution < 1.29 is 18.0 Å². The summed E-state index contributed by atoms with van der Waals surface area (Å²) in [6.45, 7) is -0.769. The largest absolute Gasteiger partial charge is 0.367 e. The van der Waals surface area contributed by atoms with E-state index in [1.54, 1.807) is 12.1 Å². The van der Waals surface area contributed by atoms with Gasteiger partial charge in [0.2, 0.25) is 0 Å². The van der Waals surface area contributed by atoms with E-state index in [1.165, 1.54) is 11.5 Å². The van der Waals surface area contributed by atoms with Crippen molar-refractivity contribution in [3.63, 3.8) is 0 Å². The number of hydrogen-bond acceptors (Lipinski definition) is 7. The molecule has 2 aromatic heterocycles. The van der Waals surface area contributed by atoms with Crippen LogP contribution in [0.1, 0.15) is 5.82 Å². The van der Waals surface area contributed by atoms with Gasteiger partial charge in [0.05, 0.1) is 4.70 Å². The predicted molar refractivity (Wildman–Crippen MR) is 66.4 cm³/mol. The molecule has 0 radical (unpaired) electrons. The normalized spacial score (nSPS) is 11.6. The summed E-state index contributed by atoms with van der Waals surface area (Å²) in [6, 6.07) is 5.43. The monoisotopic (exact) mass is 298 g/mol. The maximum atomic E-state index is 11.9. The summed E-state index contributed by atoms with van der Waals surface area (Å²) < 4.78 is 38.4. The molecule has 2 heterocycles. The molecule has 0 aliphatic heterocycles. The zero-order chi connectivity index (χ0) is 13.9. The molecule has 0 bridgehead atoms. The molecular formula is C11H8F2N4O2S. The van der Waals surface area contributed by atoms with Crippen LogP contribution in [0.4, 0.5) is 8.78 Å². The molecule has 0 atom stereocenters. The fourth-order valence-electron chi connectivity index (χ4n) is 1.58. The Hall–Kier alpha value is -2.00. The average Bonchev–Trinajstić information content (AvgIpc) is 3.05. The van der Waals surface area contributed by atoms with Crippen LogP contribution in [-0.4, -0.2) is 32.8 Å². The van der Waals surface area contributed by atoms with Crippen LogP contribution in [0.5, 0.6) is 0 Å². The minimum Gasteiger partial charge on any atom is -0.367 e. The van der Waals surface area contributed by atoms with E-state index in [4.69, 9.17) is 9.26 Å². The van der Waals surface area contributed by atoms with E-state index in [9.17, 15) is 8.78 Å². The maximum Gasteiger partial charge on any atom is 0.261 e. The van der Waals surface area contributed by atoms with Gasteiger partial charge in [0, 0.05) is 5.56 Å². The summed E-state index contributed by atoms with van der Waals surface area (Å²) in [5.41, 5.74) is 1.43. The topological polar surface area (TPSA) is 73.9 Å². The summed E-state index contributed by atoms with van der Waals surface area (Å²) in [4.78, 5) is 4.08. The number of alkyl halides is 2. The Bertz CT molecular complexity index is 715. The van der Waals surface area contributed by atoms with Gasteiger partial charge in [-0.2, -0.15) is 4.98 Å². The minimum atomic E-state index is -2.51. The van der Waals surface area contributed by atoms with Crippen molar-refractivity contribution in [2.24, 2.45) is 0 Å². The van der Waals surface area contributed by atoms with Crippen LogP contribution in [0.2, 0.25) is 0 Å². The number of hydrogen-bond donors (Lipinski definition) is 0. The number of rotatable bonds is 5. The first-order chi connectivity index (χ1) is 9.72. The van der Waals surface area contributed by atoms with Crippen molar-refractivity contribution in [2.75, 3.05) is 6.61 Å². The molecule has 0 N–H and O–H groups in total. The van der Waals surface area contributed by atoms with Crippen LogP contribution < -0.4 is 0 Å². The van der Waals surface area contributed by atoms with Gasteiger partial charge in [-0.25, -0.2) is 8.78 Å². The highest BCUT2D eigenvalue weighted by atomic mass is 32.1. The minimum absolute atomic E-state index is 0.117. The third kappa shape index (κ3) is 2.78. The van der Waals surface area contributed by atoms with Gasteiger partial charge >= 0.3 is 0 Å². The molecule has 9 heteroatoms. The molecule has 104 valence electrons. The quantitative estimate of drug-likeness (QED) is 0.720. The second-order valence-electron chi connectivity index (χ2n) is 3.88. The van der Waals surface area contributed by atoms with Gasteiger partial charge < -0.3 is 9.26 Å². The lowest BCUT2D eigenvalue weighted by atomic mass is 10.2. The van der Waals surface area contributed by atoms with Crippen LogP contribution in [0.3, 0.4) is 0 Å². The molecule has 0 aliphatic rings. The Balaban J connectivity index is 1.75. The van der Waals surface area contributed by atoms with Crippen molar-refractivity contribution in [3.8, 4) is 11.5 Å². The van der Waals surface area contributed by atoms with E-state index >= 15 is 0 Å². The molecule has 0 spiro atoms. The van der Waals surface area contributed by atoms with Crippen molar-refractivity contribution in [1.82, 2.24) is 19.7 Å². The lowest BCUT2D eigenvalue weighted by molar-refractivity contribution is 0.00716. The van der Waals surface area contributed by atoms with Crippen LogP contribution in [-0.2, 0) is 11.3 Å². The Morgan fingerprint density at radius 2 is 2.25 bits per heavy atom. The Kier molecular flexibility index (Phi) is 3.61. The van der Waals surface area contributed by atoms with Crippen molar-refractivity contribution in [2.45, 2.75) is 13.0 Å². The molecule has 3 rings (SSSR count). The SMILES string of the molecule is FC(F)COCc1noc(-c2ccc3snnc3c2)n1.